The largest absolute Gasteiger partial charge is 1.00 e. The van der Waals surface area contributed by atoms with Gasteiger partial charge in [0.15, 0.2) is 11.5 Å². The molecule has 0 saturated heterocycles. The molecule has 0 aliphatic heterocycles. The van der Waals surface area contributed by atoms with E-state index >= 15 is 0 Å². The maximum Gasteiger partial charge on any atom is 1.00 e. The quantitative estimate of drug-likeness (QED) is 0.0179. The molecule has 0 aromatic heterocycles. The Kier molecular flexibility index (Phi) is 30.7. The number of fused-ring (bicyclic) bond motifs is 2. The van der Waals surface area contributed by atoms with Crippen LogP contribution in [0, 0.1) is 0 Å². The molecule has 35 heteroatoms. The van der Waals surface area contributed by atoms with Crippen molar-refractivity contribution in [1.82, 2.24) is 6.15 Å². The van der Waals surface area contributed by atoms with E-state index < -0.39 is 128 Å². The Labute approximate surface area is 543 Å². The summed E-state index contributed by atoms with van der Waals surface area (Å²) >= 11 is 0. The predicted octanol–water partition coefficient (Wildman–Crippen LogP) is -4.95. The number of aliphatic hydroxyl groups is 2. The van der Waals surface area contributed by atoms with E-state index in [1.165, 1.54) is 36.4 Å². The number of aliphatic imine (C=N–C) groups is 1. The van der Waals surface area contributed by atoms with Gasteiger partial charge in [0.1, 0.15) is 53.8 Å². The first-order valence-electron chi connectivity index (χ1n) is 18.9. The molecule has 0 spiro atoms. The molecule has 0 aliphatic carbocycles. The summed E-state index contributed by atoms with van der Waals surface area (Å²) in [5, 5.41) is 74.4. The molecular formula is C41H37Cu2N7Na4O18S4+4. The van der Waals surface area contributed by atoms with E-state index in [9.17, 15) is 77.4 Å². The number of rotatable bonds is 12. The van der Waals surface area contributed by atoms with Crippen molar-refractivity contribution in [2.24, 2.45) is 31.2 Å². The fraction of sp³-hybridized carbons (Fsp3) is 0.0488. The number of nitrogens with zero attached hydrogens (tertiary/aromatic N) is 5. The van der Waals surface area contributed by atoms with Gasteiger partial charge in [0.25, 0.3) is 40.5 Å². The van der Waals surface area contributed by atoms with Crippen LogP contribution in [0.25, 0.3) is 32.7 Å². The summed E-state index contributed by atoms with van der Waals surface area (Å²) in [4.78, 5) is -0.0229. The molecule has 0 heterocycles. The maximum absolute atomic E-state index is 12.6. The first kappa shape index (κ1) is 75.6. The number of phenols is 4. The number of azo groups is 2. The molecule has 0 atom stereocenters. The number of aliphatic hydroxyl groups excluding tert-OH is 2. The topological polar surface area (TPSA) is 462 Å². The number of hydrogen-bond acceptors (Lipinski definition) is 20. The van der Waals surface area contributed by atoms with Gasteiger partial charge < -0.3 is 42.5 Å². The fourth-order valence-electron chi connectivity index (χ4n) is 6.44. The van der Waals surface area contributed by atoms with Crippen molar-refractivity contribution < 1.29 is 235 Å². The van der Waals surface area contributed by atoms with Gasteiger partial charge in [0.2, 0.25) is 5.90 Å². The van der Waals surface area contributed by atoms with Gasteiger partial charge in [-0.15, -0.1) is 20.5 Å². The predicted molar refractivity (Wildman–Crippen MR) is 250 cm³/mol. The average Bonchev–Trinajstić information content (AvgIpc) is 3.27. The molecule has 7 aromatic rings. The molecule has 0 fully saturated rings. The SMILES string of the molecule is N.NCCO.O=S(=O)(O)c1cc(N=Nc2ccc(-c3ccc(N=Nc4cc(S(=O)(=O)O)c5cc(N=C(O)c6ccccc6)cc(S(=O)(=O)O)c5c4O)c(O)c3)cc2O)c(O)c2c(S(=O)(=O)O)cccc12.[Cu].[Cu].[Na+].[Na+].[Na+].[Na+]. The Balaban J connectivity index is 0. The van der Waals surface area contributed by atoms with Crippen molar-refractivity contribution >= 4 is 96.4 Å². The standard InChI is InChI=1S/C39H27N5O17S4.C2H7NO.2Cu.H3N.4Na/c45-29-13-20(9-11-25(29)41-43-27-17-32(63(53,54)55)23-7-4-8-31(62(50,51)52)35(23)37(27)47)21-10-12-26(30(46)14-21)42-44-28-18-33(64(56,57)58)24-15-22(40-39(49)19-5-2-1-3-6-19)16-34(65(59,60)61)36(24)38(28)48;3-1-2-4;;;;;;;/h1-18,45-48H,(H,40,49)(H,50,51,52)(H,53,54,55)(H,56,57,58)(H,59,60,61);4H,1-3H2;;;1H3;;;;/q;;;;;4*+1. The van der Waals surface area contributed by atoms with E-state index in [1.807, 2.05) is 0 Å². The molecule has 25 nitrogen and oxygen atoms in total. The second-order valence-electron chi connectivity index (χ2n) is 14.1. The van der Waals surface area contributed by atoms with Crippen molar-refractivity contribution in [1.29, 1.82) is 0 Å². The molecule has 2 radical (unpaired) electrons. The molecule has 0 amide bonds. The van der Waals surface area contributed by atoms with Gasteiger partial charge in [-0.05, 0) is 77.9 Å². The van der Waals surface area contributed by atoms with Crippen LogP contribution >= 0.6 is 0 Å². The number of aromatic hydroxyl groups is 4. The Morgan fingerprint density at radius 1 is 0.474 bits per heavy atom. The number of benzene rings is 7. The summed E-state index contributed by atoms with van der Waals surface area (Å²) < 4.78 is 138. The molecule has 7 aromatic carbocycles. The molecular weight excluding hydrogens is 1230 g/mol. The van der Waals surface area contributed by atoms with Gasteiger partial charge in [-0.2, -0.15) is 33.7 Å². The molecule has 0 unspecified atom stereocenters. The normalized spacial score (nSPS) is 11.6. The zero-order chi connectivity index (χ0) is 50.8. The molecule has 0 saturated carbocycles. The third-order valence-electron chi connectivity index (χ3n) is 9.46. The van der Waals surface area contributed by atoms with E-state index in [1.54, 1.807) is 18.2 Å². The summed E-state index contributed by atoms with van der Waals surface area (Å²) in [6.07, 6.45) is 0. The van der Waals surface area contributed by atoms with E-state index in [0.29, 0.717) is 24.7 Å². The molecule has 7 rings (SSSR count). The van der Waals surface area contributed by atoms with Crippen molar-refractivity contribution in [3.05, 3.63) is 115 Å². The van der Waals surface area contributed by atoms with Crippen molar-refractivity contribution in [3.8, 4) is 34.1 Å². The summed E-state index contributed by atoms with van der Waals surface area (Å²) in [5.41, 5.74) is 2.93. The molecule has 0 aliphatic rings. The molecule has 15 N–H and O–H groups in total. The smallest absolute Gasteiger partial charge is 0.506 e. The van der Waals surface area contributed by atoms with Gasteiger partial charge in [-0.1, -0.05) is 42.5 Å². The van der Waals surface area contributed by atoms with Gasteiger partial charge in [0, 0.05) is 67.8 Å². The van der Waals surface area contributed by atoms with Crippen LogP contribution in [-0.4, -0.2) is 102 Å². The zero-order valence-corrected chi connectivity index (χ0v) is 53.0. The van der Waals surface area contributed by atoms with Crippen LogP contribution in [0.5, 0.6) is 23.0 Å². The number of hydrogen-bond donors (Lipinski definition) is 12. The fourth-order valence-corrected chi connectivity index (χ4v) is 9.30. The van der Waals surface area contributed by atoms with Crippen LogP contribution in [0.15, 0.2) is 154 Å². The minimum Gasteiger partial charge on any atom is -0.506 e. The number of phenolic OH excluding ortho intramolecular Hbond substituents is 4. The van der Waals surface area contributed by atoms with Crippen LogP contribution in [0.3, 0.4) is 0 Å². The van der Waals surface area contributed by atoms with Crippen molar-refractivity contribution in [3.63, 3.8) is 0 Å². The van der Waals surface area contributed by atoms with E-state index in [0.717, 1.165) is 36.4 Å². The maximum atomic E-state index is 12.6. The average molecular weight is 1260 g/mol. The Morgan fingerprint density at radius 3 is 1.26 bits per heavy atom. The van der Waals surface area contributed by atoms with Crippen molar-refractivity contribution in [2.45, 2.75) is 19.6 Å². The first-order chi connectivity index (χ1) is 32.2. The Morgan fingerprint density at radius 2 is 0.868 bits per heavy atom. The zero-order valence-electron chi connectivity index (χ0n) is 39.8. The van der Waals surface area contributed by atoms with Gasteiger partial charge in [-0.3, -0.25) is 18.2 Å². The summed E-state index contributed by atoms with van der Waals surface area (Å²) in [6.45, 7) is 0.472. The van der Waals surface area contributed by atoms with Gasteiger partial charge in [-0.25, -0.2) is 4.99 Å². The van der Waals surface area contributed by atoms with E-state index in [4.69, 9.17) is 10.8 Å². The third kappa shape index (κ3) is 18.0. The van der Waals surface area contributed by atoms with Crippen LogP contribution in [0.1, 0.15) is 5.56 Å². The van der Waals surface area contributed by atoms with Crippen LogP contribution in [-0.2, 0) is 74.6 Å². The number of nitrogens with two attached hydrogens (primary N) is 1. The van der Waals surface area contributed by atoms with Crippen LogP contribution in [0.4, 0.5) is 28.4 Å². The van der Waals surface area contributed by atoms with E-state index in [2.05, 4.69) is 25.4 Å². The Hall–Kier alpha value is -2.51. The Bertz CT molecular complexity index is 3800. The van der Waals surface area contributed by atoms with Crippen LogP contribution in [0.2, 0.25) is 0 Å². The first-order valence-corrected chi connectivity index (χ1v) is 24.7. The third-order valence-corrected chi connectivity index (χ3v) is 13.0. The molecule has 0 bridgehead atoms. The summed E-state index contributed by atoms with van der Waals surface area (Å²) in [7, 11) is -20.7. The van der Waals surface area contributed by atoms with E-state index in [-0.39, 0.29) is 193 Å². The molecule has 76 heavy (non-hydrogen) atoms. The summed E-state index contributed by atoms with van der Waals surface area (Å²) in [6, 6.07) is 20.9. The minimum absolute atomic E-state index is 0. The van der Waals surface area contributed by atoms with Gasteiger partial charge >= 0.3 is 118 Å². The minimum atomic E-state index is -5.30. The van der Waals surface area contributed by atoms with Crippen molar-refractivity contribution in [2.75, 3.05) is 13.2 Å². The second kappa shape index (κ2) is 30.9. The monoisotopic (exact) mass is 1260 g/mol. The van der Waals surface area contributed by atoms with Crippen LogP contribution < -0.4 is 130 Å². The summed E-state index contributed by atoms with van der Waals surface area (Å²) in [5.74, 6) is -3.80. The second-order valence-corrected chi connectivity index (χ2v) is 19.6. The molecule has 390 valence electrons. The van der Waals surface area contributed by atoms with Gasteiger partial charge in [0.05, 0.1) is 12.3 Å².